The molecule has 3 rings (SSSR count). The van der Waals surface area contributed by atoms with Crippen LogP contribution in [0.5, 0.6) is 0 Å². The van der Waals surface area contributed by atoms with Crippen molar-refractivity contribution in [3.05, 3.63) is 53.7 Å². The molecule has 4 nitrogen and oxygen atoms in total. The monoisotopic (exact) mass is 268 g/mol. The van der Waals surface area contributed by atoms with E-state index < -0.39 is 5.97 Å². The summed E-state index contributed by atoms with van der Waals surface area (Å²) in [6.07, 6.45) is 3.65. The second kappa shape index (κ2) is 4.96. The first-order chi connectivity index (χ1) is 9.68. The number of rotatable bonds is 2. The Hall–Kier alpha value is -2.36. The van der Waals surface area contributed by atoms with E-state index in [1.807, 2.05) is 23.1 Å². The highest BCUT2D eigenvalue weighted by Crippen LogP contribution is 2.36. The smallest absolute Gasteiger partial charge is 0.339 e. The lowest BCUT2D eigenvalue weighted by Crippen LogP contribution is -2.34. The molecule has 0 bridgehead atoms. The highest BCUT2D eigenvalue weighted by molar-refractivity contribution is 5.94. The lowest BCUT2D eigenvalue weighted by atomic mass is 9.96. The van der Waals surface area contributed by atoms with Crippen LogP contribution in [-0.2, 0) is 6.42 Å². The zero-order valence-electron chi connectivity index (χ0n) is 11.3. The van der Waals surface area contributed by atoms with Gasteiger partial charge < -0.3 is 10.0 Å². The molecule has 0 spiro atoms. The number of nitrogens with zero attached hydrogens (tertiary/aromatic N) is 2. The van der Waals surface area contributed by atoms with Crippen molar-refractivity contribution in [1.29, 1.82) is 0 Å². The highest BCUT2D eigenvalue weighted by atomic mass is 16.4. The number of carbonyl (C=O) groups is 1. The Bertz CT molecular complexity index is 654. The molecule has 0 saturated carbocycles. The summed E-state index contributed by atoms with van der Waals surface area (Å²) in [6.45, 7) is 2.11. The fourth-order valence-electron chi connectivity index (χ4n) is 2.77. The first-order valence-corrected chi connectivity index (χ1v) is 6.74. The van der Waals surface area contributed by atoms with Crippen LogP contribution in [0.4, 0.5) is 11.5 Å². The number of aromatic carboxylic acids is 1. The SMILES string of the molecule is CC1CCc2ccccc2N1c1ncccc1C(=O)O. The van der Waals surface area contributed by atoms with E-state index in [1.165, 1.54) is 5.56 Å². The molecule has 1 aliphatic heterocycles. The van der Waals surface area contributed by atoms with Crippen LogP contribution in [0.1, 0.15) is 29.3 Å². The molecule has 4 heteroatoms. The molecule has 0 saturated heterocycles. The minimum Gasteiger partial charge on any atom is -0.478 e. The summed E-state index contributed by atoms with van der Waals surface area (Å²) in [4.78, 5) is 17.8. The second-order valence-electron chi connectivity index (χ2n) is 5.07. The van der Waals surface area contributed by atoms with Gasteiger partial charge in [-0.25, -0.2) is 9.78 Å². The van der Waals surface area contributed by atoms with Crippen LogP contribution in [0.3, 0.4) is 0 Å². The van der Waals surface area contributed by atoms with E-state index in [2.05, 4.69) is 18.0 Å². The van der Waals surface area contributed by atoms with E-state index in [9.17, 15) is 9.90 Å². The Balaban J connectivity index is 2.17. The Labute approximate surface area is 117 Å². The number of para-hydroxylation sites is 1. The number of carboxylic acid groups (broad SMARTS) is 1. The van der Waals surface area contributed by atoms with Gasteiger partial charge in [0.25, 0.3) is 0 Å². The zero-order chi connectivity index (χ0) is 14.1. The van der Waals surface area contributed by atoms with Gasteiger partial charge in [-0.1, -0.05) is 18.2 Å². The number of aryl methyl sites for hydroxylation is 1. The third kappa shape index (κ3) is 2.03. The minimum atomic E-state index is -0.941. The Kier molecular flexibility index (Phi) is 3.14. The normalized spacial score (nSPS) is 17.6. The standard InChI is InChI=1S/C16H16N2O2/c1-11-8-9-12-5-2-3-7-14(12)18(11)15-13(16(19)20)6-4-10-17-15/h2-7,10-11H,8-9H2,1H3,(H,19,20). The van der Waals surface area contributed by atoms with E-state index in [4.69, 9.17) is 0 Å². The molecule has 1 N–H and O–H groups in total. The molecule has 2 aromatic rings. The Morgan fingerprint density at radius 1 is 1.30 bits per heavy atom. The van der Waals surface area contributed by atoms with E-state index in [0.29, 0.717) is 5.82 Å². The molecule has 1 aromatic heterocycles. The van der Waals surface area contributed by atoms with Crippen LogP contribution in [0, 0.1) is 0 Å². The number of pyridine rings is 1. The average Bonchev–Trinajstić information content (AvgIpc) is 2.47. The predicted molar refractivity (Wildman–Crippen MR) is 77.6 cm³/mol. The maximum absolute atomic E-state index is 11.4. The third-order valence-electron chi connectivity index (χ3n) is 3.77. The Morgan fingerprint density at radius 2 is 2.10 bits per heavy atom. The molecule has 1 atom stereocenters. The molecule has 0 amide bonds. The van der Waals surface area contributed by atoms with E-state index in [0.717, 1.165) is 18.5 Å². The summed E-state index contributed by atoms with van der Waals surface area (Å²) in [7, 11) is 0. The highest BCUT2D eigenvalue weighted by Gasteiger charge is 2.28. The lowest BCUT2D eigenvalue weighted by Gasteiger charge is -2.36. The van der Waals surface area contributed by atoms with Crippen molar-refractivity contribution in [1.82, 2.24) is 4.98 Å². The topological polar surface area (TPSA) is 53.4 Å². The number of carboxylic acids is 1. The molecular weight excluding hydrogens is 252 g/mol. The second-order valence-corrected chi connectivity index (χ2v) is 5.07. The first-order valence-electron chi connectivity index (χ1n) is 6.74. The van der Waals surface area contributed by atoms with Gasteiger partial charge in [0, 0.05) is 17.9 Å². The van der Waals surface area contributed by atoms with Crippen molar-refractivity contribution >= 4 is 17.5 Å². The van der Waals surface area contributed by atoms with Gasteiger partial charge >= 0.3 is 5.97 Å². The summed E-state index contributed by atoms with van der Waals surface area (Å²) < 4.78 is 0. The van der Waals surface area contributed by atoms with Crippen LogP contribution in [0.2, 0.25) is 0 Å². The molecule has 20 heavy (non-hydrogen) atoms. The van der Waals surface area contributed by atoms with Crippen LogP contribution in [0.15, 0.2) is 42.6 Å². The van der Waals surface area contributed by atoms with Crippen molar-refractivity contribution in [2.24, 2.45) is 0 Å². The van der Waals surface area contributed by atoms with Crippen molar-refractivity contribution < 1.29 is 9.90 Å². The molecule has 0 aliphatic carbocycles. The number of aromatic nitrogens is 1. The fourth-order valence-corrected chi connectivity index (χ4v) is 2.77. The van der Waals surface area contributed by atoms with E-state index in [1.54, 1.807) is 18.3 Å². The molecule has 1 aromatic carbocycles. The van der Waals surface area contributed by atoms with E-state index in [-0.39, 0.29) is 11.6 Å². The summed E-state index contributed by atoms with van der Waals surface area (Å²) in [5, 5.41) is 9.36. The van der Waals surface area contributed by atoms with Gasteiger partial charge in [-0.15, -0.1) is 0 Å². The number of anilines is 2. The minimum absolute atomic E-state index is 0.234. The number of hydrogen-bond acceptors (Lipinski definition) is 3. The average molecular weight is 268 g/mol. The van der Waals surface area contributed by atoms with Gasteiger partial charge in [0.05, 0.1) is 0 Å². The fraction of sp³-hybridized carbons (Fsp3) is 0.250. The number of benzene rings is 1. The summed E-state index contributed by atoms with van der Waals surface area (Å²) >= 11 is 0. The van der Waals surface area contributed by atoms with Gasteiger partial charge in [-0.3, -0.25) is 0 Å². The lowest BCUT2D eigenvalue weighted by molar-refractivity contribution is 0.0697. The summed E-state index contributed by atoms with van der Waals surface area (Å²) in [6, 6.07) is 11.6. The maximum atomic E-state index is 11.4. The van der Waals surface area contributed by atoms with Crippen LogP contribution >= 0.6 is 0 Å². The molecule has 2 heterocycles. The molecule has 0 fully saturated rings. The summed E-state index contributed by atoms with van der Waals surface area (Å²) in [5.41, 5.74) is 2.55. The molecule has 102 valence electrons. The van der Waals surface area contributed by atoms with Crippen LogP contribution < -0.4 is 4.90 Å². The molecule has 0 radical (unpaired) electrons. The van der Waals surface area contributed by atoms with Crippen molar-refractivity contribution in [3.8, 4) is 0 Å². The largest absolute Gasteiger partial charge is 0.478 e. The maximum Gasteiger partial charge on any atom is 0.339 e. The van der Waals surface area contributed by atoms with Gasteiger partial charge in [0.2, 0.25) is 0 Å². The Morgan fingerprint density at radius 3 is 2.90 bits per heavy atom. The van der Waals surface area contributed by atoms with Crippen molar-refractivity contribution in [2.75, 3.05) is 4.90 Å². The molecular formula is C16H16N2O2. The van der Waals surface area contributed by atoms with Gasteiger partial charge in [0.1, 0.15) is 11.4 Å². The van der Waals surface area contributed by atoms with Gasteiger partial charge in [-0.05, 0) is 43.5 Å². The van der Waals surface area contributed by atoms with Gasteiger partial charge in [-0.2, -0.15) is 0 Å². The van der Waals surface area contributed by atoms with Gasteiger partial charge in [0.15, 0.2) is 0 Å². The zero-order valence-corrected chi connectivity index (χ0v) is 11.3. The van der Waals surface area contributed by atoms with Crippen LogP contribution in [0.25, 0.3) is 0 Å². The predicted octanol–water partition coefficient (Wildman–Crippen LogP) is 3.25. The summed E-state index contributed by atoms with van der Waals surface area (Å²) in [5.74, 6) is -0.414. The molecule has 1 unspecified atom stereocenters. The number of hydrogen-bond donors (Lipinski definition) is 1. The molecule has 1 aliphatic rings. The van der Waals surface area contributed by atoms with E-state index >= 15 is 0 Å². The quantitative estimate of drug-likeness (QED) is 0.908. The van der Waals surface area contributed by atoms with Crippen molar-refractivity contribution in [2.45, 2.75) is 25.8 Å². The first kappa shape index (κ1) is 12.7. The third-order valence-corrected chi connectivity index (χ3v) is 3.77. The number of fused-ring (bicyclic) bond motifs is 1. The van der Waals surface area contributed by atoms with Crippen molar-refractivity contribution in [3.63, 3.8) is 0 Å². The van der Waals surface area contributed by atoms with Crippen LogP contribution in [-0.4, -0.2) is 22.1 Å².